The Kier molecular flexibility index (Phi) is 3.55. The van der Waals surface area contributed by atoms with Crippen LogP contribution < -0.4 is 0 Å². The predicted molar refractivity (Wildman–Crippen MR) is 57.5 cm³/mol. The van der Waals surface area contributed by atoms with Gasteiger partial charge in [-0.05, 0) is 32.0 Å². The van der Waals surface area contributed by atoms with Crippen molar-refractivity contribution in [1.29, 1.82) is 0 Å². The molecule has 0 aliphatic rings. The van der Waals surface area contributed by atoms with Crippen molar-refractivity contribution in [1.82, 2.24) is 0 Å². The quantitative estimate of drug-likeness (QED) is 0.740. The molecule has 0 bridgehead atoms. The van der Waals surface area contributed by atoms with Crippen LogP contribution in [-0.2, 0) is 0 Å². The molecule has 0 amide bonds. The minimum absolute atomic E-state index is 0.0550. The number of phenols is 1. The fourth-order valence-corrected chi connectivity index (χ4v) is 1.35. The third-order valence-electron chi connectivity index (χ3n) is 1.80. The van der Waals surface area contributed by atoms with Crippen LogP contribution in [0.25, 0.3) is 0 Å². The number of halogens is 1. The summed E-state index contributed by atoms with van der Waals surface area (Å²) in [6, 6.07) is 4.61. The summed E-state index contributed by atoms with van der Waals surface area (Å²) >= 11 is 5.75. The zero-order valence-electron chi connectivity index (χ0n) is 8.16. The van der Waals surface area contributed by atoms with Crippen molar-refractivity contribution in [2.45, 2.75) is 20.0 Å². The molecule has 1 atom stereocenters. The molecule has 0 spiro atoms. The first-order valence-electron chi connectivity index (χ1n) is 4.32. The van der Waals surface area contributed by atoms with E-state index >= 15 is 0 Å². The topological polar surface area (TPSA) is 40.5 Å². The van der Waals surface area contributed by atoms with Gasteiger partial charge in [0.05, 0.1) is 0 Å². The first-order chi connectivity index (χ1) is 6.50. The monoisotopic (exact) mass is 212 g/mol. The molecule has 0 radical (unpaired) electrons. The lowest BCUT2D eigenvalue weighted by molar-refractivity contribution is 0.223. The lowest BCUT2D eigenvalue weighted by Gasteiger charge is -2.09. The summed E-state index contributed by atoms with van der Waals surface area (Å²) in [4.78, 5) is 0. The number of rotatable bonds is 2. The lowest BCUT2D eigenvalue weighted by atomic mass is 10.1. The van der Waals surface area contributed by atoms with Crippen LogP contribution in [0, 0.1) is 0 Å². The smallest absolute Gasteiger partial charge is 0.121 e. The molecule has 0 saturated carbocycles. The van der Waals surface area contributed by atoms with Gasteiger partial charge in [0, 0.05) is 10.6 Å². The standard InChI is InChI=1S/C11H13ClO2/c1-7(2)5-11(14)9-6-8(12)3-4-10(9)13/h3-6,11,13-14H,1-2H3. The van der Waals surface area contributed by atoms with Crippen molar-refractivity contribution in [3.05, 3.63) is 40.4 Å². The lowest BCUT2D eigenvalue weighted by Crippen LogP contribution is -1.94. The molecule has 3 heteroatoms. The van der Waals surface area contributed by atoms with Gasteiger partial charge in [-0.25, -0.2) is 0 Å². The molecule has 14 heavy (non-hydrogen) atoms. The van der Waals surface area contributed by atoms with E-state index in [1.54, 1.807) is 18.2 Å². The Hall–Kier alpha value is -0.990. The molecule has 0 heterocycles. The number of aromatic hydroxyl groups is 1. The Labute approximate surface area is 88.5 Å². The van der Waals surface area contributed by atoms with Crippen LogP contribution in [0.15, 0.2) is 29.8 Å². The van der Waals surface area contributed by atoms with Gasteiger partial charge in [0.15, 0.2) is 0 Å². The molecule has 0 saturated heterocycles. The third kappa shape index (κ3) is 2.76. The molecule has 0 fully saturated rings. The molecule has 2 nitrogen and oxygen atoms in total. The van der Waals surface area contributed by atoms with Crippen LogP contribution >= 0.6 is 11.6 Å². The average Bonchev–Trinajstić information content (AvgIpc) is 2.08. The molecule has 0 aliphatic carbocycles. The maximum Gasteiger partial charge on any atom is 0.121 e. The third-order valence-corrected chi connectivity index (χ3v) is 2.03. The van der Waals surface area contributed by atoms with Crippen LogP contribution in [0.1, 0.15) is 25.5 Å². The highest BCUT2D eigenvalue weighted by Crippen LogP contribution is 2.28. The molecule has 2 N–H and O–H groups in total. The fourth-order valence-electron chi connectivity index (χ4n) is 1.17. The predicted octanol–water partition coefficient (Wildman–Crippen LogP) is 3.05. The second-order valence-electron chi connectivity index (χ2n) is 3.39. The SMILES string of the molecule is CC(C)=CC(O)c1cc(Cl)ccc1O. The number of aliphatic hydroxyl groups excluding tert-OH is 1. The van der Waals surface area contributed by atoms with Crippen molar-refractivity contribution in [2.75, 3.05) is 0 Å². The van der Waals surface area contributed by atoms with Gasteiger partial charge in [0.1, 0.15) is 11.9 Å². The van der Waals surface area contributed by atoms with Crippen LogP contribution in [-0.4, -0.2) is 10.2 Å². The average molecular weight is 213 g/mol. The highest BCUT2D eigenvalue weighted by molar-refractivity contribution is 6.30. The fraction of sp³-hybridized carbons (Fsp3) is 0.273. The number of allylic oxidation sites excluding steroid dienone is 1. The van der Waals surface area contributed by atoms with Crippen molar-refractivity contribution in [3.8, 4) is 5.75 Å². The summed E-state index contributed by atoms with van der Waals surface area (Å²) in [6.07, 6.45) is 0.851. The molecule has 1 rings (SSSR count). The van der Waals surface area contributed by atoms with E-state index in [2.05, 4.69) is 0 Å². The van der Waals surface area contributed by atoms with Gasteiger partial charge < -0.3 is 10.2 Å². The second kappa shape index (κ2) is 4.49. The summed E-state index contributed by atoms with van der Waals surface area (Å²) in [7, 11) is 0. The largest absolute Gasteiger partial charge is 0.508 e. The van der Waals surface area contributed by atoms with Crippen molar-refractivity contribution >= 4 is 11.6 Å². The summed E-state index contributed by atoms with van der Waals surface area (Å²) in [5.74, 6) is 0.0550. The van der Waals surface area contributed by atoms with Gasteiger partial charge in [0.25, 0.3) is 0 Å². The minimum Gasteiger partial charge on any atom is -0.508 e. The van der Waals surface area contributed by atoms with Crippen LogP contribution in [0.3, 0.4) is 0 Å². The van der Waals surface area contributed by atoms with E-state index in [1.165, 1.54) is 6.07 Å². The Morgan fingerprint density at radius 1 is 1.43 bits per heavy atom. The Balaban J connectivity index is 3.05. The number of benzene rings is 1. The number of phenolic OH excluding ortho intramolecular Hbond substituents is 1. The van der Waals surface area contributed by atoms with E-state index in [1.807, 2.05) is 13.8 Å². The Morgan fingerprint density at radius 3 is 2.64 bits per heavy atom. The van der Waals surface area contributed by atoms with E-state index in [0.29, 0.717) is 10.6 Å². The van der Waals surface area contributed by atoms with E-state index in [9.17, 15) is 10.2 Å². The number of hydrogen-bond acceptors (Lipinski definition) is 2. The maximum atomic E-state index is 9.70. The van der Waals surface area contributed by atoms with E-state index in [4.69, 9.17) is 11.6 Å². The maximum absolute atomic E-state index is 9.70. The van der Waals surface area contributed by atoms with Gasteiger partial charge in [-0.3, -0.25) is 0 Å². The first kappa shape index (κ1) is 11.1. The van der Waals surface area contributed by atoms with Crippen LogP contribution in [0.2, 0.25) is 5.02 Å². The van der Waals surface area contributed by atoms with Crippen molar-refractivity contribution in [3.63, 3.8) is 0 Å². The van der Waals surface area contributed by atoms with Gasteiger partial charge in [0.2, 0.25) is 0 Å². The molecule has 1 aromatic rings. The van der Waals surface area contributed by atoms with Crippen molar-refractivity contribution in [2.24, 2.45) is 0 Å². The second-order valence-corrected chi connectivity index (χ2v) is 3.83. The summed E-state index contributed by atoms with van der Waals surface area (Å²) in [5.41, 5.74) is 1.41. The van der Waals surface area contributed by atoms with E-state index in [-0.39, 0.29) is 5.75 Å². The van der Waals surface area contributed by atoms with E-state index in [0.717, 1.165) is 5.57 Å². The summed E-state index contributed by atoms with van der Waals surface area (Å²) in [5, 5.41) is 19.7. The van der Waals surface area contributed by atoms with Crippen molar-refractivity contribution < 1.29 is 10.2 Å². The minimum atomic E-state index is -0.807. The zero-order valence-corrected chi connectivity index (χ0v) is 8.92. The van der Waals surface area contributed by atoms with Gasteiger partial charge in [-0.2, -0.15) is 0 Å². The summed E-state index contributed by atoms with van der Waals surface area (Å²) < 4.78 is 0. The molecule has 1 unspecified atom stereocenters. The van der Waals surface area contributed by atoms with Gasteiger partial charge in [-0.15, -0.1) is 0 Å². The van der Waals surface area contributed by atoms with Crippen LogP contribution in [0.5, 0.6) is 5.75 Å². The molecule has 76 valence electrons. The van der Waals surface area contributed by atoms with Gasteiger partial charge in [-0.1, -0.05) is 23.3 Å². The normalized spacial score (nSPS) is 12.3. The molecule has 1 aromatic carbocycles. The number of aliphatic hydroxyl groups is 1. The molecule has 0 aliphatic heterocycles. The molecule has 0 aromatic heterocycles. The van der Waals surface area contributed by atoms with Gasteiger partial charge >= 0.3 is 0 Å². The first-order valence-corrected chi connectivity index (χ1v) is 4.70. The van der Waals surface area contributed by atoms with E-state index < -0.39 is 6.10 Å². The molecular weight excluding hydrogens is 200 g/mol. The number of hydrogen-bond donors (Lipinski definition) is 2. The highest BCUT2D eigenvalue weighted by Gasteiger charge is 2.09. The Bertz CT molecular complexity index is 354. The highest BCUT2D eigenvalue weighted by atomic mass is 35.5. The zero-order chi connectivity index (χ0) is 10.7. The van der Waals surface area contributed by atoms with Crippen LogP contribution in [0.4, 0.5) is 0 Å². The summed E-state index contributed by atoms with van der Waals surface area (Å²) in [6.45, 7) is 3.76. The Morgan fingerprint density at radius 2 is 2.07 bits per heavy atom. The molecular formula is C11H13ClO2.